The lowest BCUT2D eigenvalue weighted by molar-refractivity contribution is 0.798. The first-order valence-electron chi connectivity index (χ1n) is 6.06. The van der Waals surface area contributed by atoms with E-state index in [0.717, 1.165) is 23.4 Å². The molecule has 2 heterocycles. The van der Waals surface area contributed by atoms with Crippen molar-refractivity contribution in [2.75, 3.05) is 0 Å². The Bertz CT molecular complexity index is 668. The largest absolute Gasteiger partial charge is 0.326 e. The van der Waals surface area contributed by atoms with Crippen LogP contribution in [0.3, 0.4) is 0 Å². The molecule has 3 nitrogen and oxygen atoms in total. The molecule has 0 saturated heterocycles. The van der Waals surface area contributed by atoms with Crippen molar-refractivity contribution in [3.8, 4) is 10.7 Å². The van der Waals surface area contributed by atoms with E-state index in [1.54, 1.807) is 11.3 Å². The van der Waals surface area contributed by atoms with Crippen molar-refractivity contribution < 1.29 is 0 Å². The number of hydrogen-bond donors (Lipinski definition) is 1. The molecule has 0 amide bonds. The number of imidazole rings is 1. The molecular weight excluding hydrogens is 242 g/mol. The third kappa shape index (κ3) is 1.74. The summed E-state index contributed by atoms with van der Waals surface area (Å²) in [5.41, 5.74) is 9.02. The number of aryl methyl sites for hydroxylation is 1. The summed E-state index contributed by atoms with van der Waals surface area (Å²) in [5.74, 6) is 1.05. The molecule has 0 saturated carbocycles. The summed E-state index contributed by atoms with van der Waals surface area (Å²) in [4.78, 5) is 5.96. The van der Waals surface area contributed by atoms with Crippen molar-refractivity contribution in [1.82, 2.24) is 9.55 Å². The zero-order chi connectivity index (χ0) is 12.5. The van der Waals surface area contributed by atoms with Crippen LogP contribution in [0.5, 0.6) is 0 Å². The number of rotatable bonds is 3. The minimum absolute atomic E-state index is 0.559. The highest BCUT2D eigenvalue weighted by Gasteiger charge is 2.12. The summed E-state index contributed by atoms with van der Waals surface area (Å²) < 4.78 is 2.25. The van der Waals surface area contributed by atoms with Gasteiger partial charge in [0.15, 0.2) is 5.82 Å². The topological polar surface area (TPSA) is 43.8 Å². The fraction of sp³-hybridized carbons (Fsp3) is 0.214. The number of fused-ring (bicyclic) bond motifs is 1. The maximum Gasteiger partial charge on any atom is 0.151 e. The van der Waals surface area contributed by atoms with Crippen molar-refractivity contribution in [3.05, 3.63) is 41.3 Å². The minimum atomic E-state index is 0.559. The number of aromatic nitrogens is 2. The molecular formula is C14H15N3S. The molecule has 0 radical (unpaired) electrons. The first kappa shape index (κ1) is 11.4. The monoisotopic (exact) mass is 257 g/mol. The Labute approximate surface area is 110 Å². The highest BCUT2D eigenvalue weighted by Crippen LogP contribution is 2.28. The predicted molar refractivity (Wildman–Crippen MR) is 76.6 cm³/mol. The lowest BCUT2D eigenvalue weighted by Gasteiger charge is -2.04. The van der Waals surface area contributed by atoms with Gasteiger partial charge in [0.05, 0.1) is 15.9 Å². The maximum atomic E-state index is 5.68. The smallest absolute Gasteiger partial charge is 0.151 e. The molecule has 1 aromatic carbocycles. The lowest BCUT2D eigenvalue weighted by atomic mass is 10.2. The first-order chi connectivity index (χ1) is 8.83. The van der Waals surface area contributed by atoms with Crippen LogP contribution < -0.4 is 5.73 Å². The van der Waals surface area contributed by atoms with Gasteiger partial charge in [-0.2, -0.15) is 0 Å². The van der Waals surface area contributed by atoms with Crippen molar-refractivity contribution in [2.24, 2.45) is 5.73 Å². The van der Waals surface area contributed by atoms with Gasteiger partial charge in [-0.1, -0.05) is 12.1 Å². The Morgan fingerprint density at radius 3 is 2.89 bits per heavy atom. The second-order valence-electron chi connectivity index (χ2n) is 4.18. The lowest BCUT2D eigenvalue weighted by Crippen LogP contribution is -1.97. The fourth-order valence-electron chi connectivity index (χ4n) is 2.22. The van der Waals surface area contributed by atoms with Gasteiger partial charge >= 0.3 is 0 Å². The van der Waals surface area contributed by atoms with E-state index in [1.165, 1.54) is 10.4 Å². The Morgan fingerprint density at radius 1 is 1.33 bits per heavy atom. The van der Waals surface area contributed by atoms with Gasteiger partial charge in [0.1, 0.15) is 0 Å². The van der Waals surface area contributed by atoms with Crippen molar-refractivity contribution >= 4 is 22.4 Å². The standard InChI is InChI=1S/C14H15N3S/c1-2-17-12-6-5-10(9-15)8-11(12)16-14(17)13-4-3-7-18-13/h3-8H,2,9,15H2,1H3. The second kappa shape index (κ2) is 4.55. The molecule has 0 aliphatic rings. The van der Waals surface area contributed by atoms with Gasteiger partial charge in [0, 0.05) is 13.1 Å². The number of benzene rings is 1. The molecule has 3 rings (SSSR count). The van der Waals surface area contributed by atoms with Crippen LogP contribution in [0, 0.1) is 0 Å². The number of hydrogen-bond acceptors (Lipinski definition) is 3. The zero-order valence-corrected chi connectivity index (χ0v) is 11.1. The van der Waals surface area contributed by atoms with E-state index in [2.05, 4.69) is 47.2 Å². The Hall–Kier alpha value is -1.65. The zero-order valence-electron chi connectivity index (χ0n) is 10.3. The molecule has 0 aliphatic carbocycles. The third-order valence-corrected chi connectivity index (χ3v) is 3.97. The average molecular weight is 257 g/mol. The Balaban J connectivity index is 2.26. The molecule has 2 aromatic heterocycles. The van der Waals surface area contributed by atoms with E-state index in [9.17, 15) is 0 Å². The SMILES string of the molecule is CCn1c(-c2cccs2)nc2cc(CN)ccc21. The van der Waals surface area contributed by atoms with Crippen molar-refractivity contribution in [2.45, 2.75) is 20.0 Å². The van der Waals surface area contributed by atoms with Crippen LogP contribution >= 0.6 is 11.3 Å². The van der Waals surface area contributed by atoms with E-state index < -0.39 is 0 Å². The van der Waals surface area contributed by atoms with Crippen LogP contribution in [0.2, 0.25) is 0 Å². The van der Waals surface area contributed by atoms with Gasteiger partial charge < -0.3 is 10.3 Å². The van der Waals surface area contributed by atoms with Gasteiger partial charge in [0.2, 0.25) is 0 Å². The normalized spacial score (nSPS) is 11.2. The quantitative estimate of drug-likeness (QED) is 0.782. The molecule has 0 atom stereocenters. The van der Waals surface area contributed by atoms with Crippen LogP contribution in [0.25, 0.3) is 21.7 Å². The highest BCUT2D eigenvalue weighted by atomic mass is 32.1. The van der Waals surface area contributed by atoms with E-state index in [4.69, 9.17) is 10.7 Å². The van der Waals surface area contributed by atoms with Gasteiger partial charge in [0.25, 0.3) is 0 Å². The highest BCUT2D eigenvalue weighted by molar-refractivity contribution is 7.13. The van der Waals surface area contributed by atoms with Crippen LogP contribution in [0.15, 0.2) is 35.7 Å². The summed E-state index contributed by atoms with van der Waals surface area (Å²) in [6.45, 7) is 3.63. The summed E-state index contributed by atoms with van der Waals surface area (Å²) in [6.07, 6.45) is 0. The van der Waals surface area contributed by atoms with E-state index in [0.29, 0.717) is 6.54 Å². The molecule has 2 N–H and O–H groups in total. The van der Waals surface area contributed by atoms with E-state index in [1.807, 2.05) is 0 Å². The summed E-state index contributed by atoms with van der Waals surface area (Å²) in [6, 6.07) is 10.4. The Morgan fingerprint density at radius 2 is 2.22 bits per heavy atom. The van der Waals surface area contributed by atoms with E-state index >= 15 is 0 Å². The van der Waals surface area contributed by atoms with E-state index in [-0.39, 0.29) is 0 Å². The Kier molecular flexibility index (Phi) is 2.89. The molecule has 0 bridgehead atoms. The minimum Gasteiger partial charge on any atom is -0.326 e. The molecule has 3 aromatic rings. The van der Waals surface area contributed by atoms with Gasteiger partial charge in [-0.05, 0) is 36.1 Å². The van der Waals surface area contributed by atoms with Crippen LogP contribution in [-0.2, 0) is 13.1 Å². The molecule has 0 unspecified atom stereocenters. The number of nitrogens with two attached hydrogens (primary N) is 1. The molecule has 92 valence electrons. The second-order valence-corrected chi connectivity index (χ2v) is 5.13. The molecule has 0 fully saturated rings. The first-order valence-corrected chi connectivity index (χ1v) is 6.94. The van der Waals surface area contributed by atoms with Crippen molar-refractivity contribution in [3.63, 3.8) is 0 Å². The fourth-order valence-corrected chi connectivity index (χ4v) is 2.94. The van der Waals surface area contributed by atoms with Crippen molar-refractivity contribution in [1.29, 1.82) is 0 Å². The summed E-state index contributed by atoms with van der Waals surface area (Å²) in [7, 11) is 0. The molecule has 0 spiro atoms. The maximum absolute atomic E-state index is 5.68. The summed E-state index contributed by atoms with van der Waals surface area (Å²) >= 11 is 1.72. The number of nitrogens with zero attached hydrogens (tertiary/aromatic N) is 2. The third-order valence-electron chi connectivity index (χ3n) is 3.11. The predicted octanol–water partition coefficient (Wildman–Crippen LogP) is 3.24. The molecule has 18 heavy (non-hydrogen) atoms. The van der Waals surface area contributed by atoms with Gasteiger partial charge in [-0.3, -0.25) is 0 Å². The van der Waals surface area contributed by atoms with Gasteiger partial charge in [-0.15, -0.1) is 11.3 Å². The van der Waals surface area contributed by atoms with Crippen LogP contribution in [-0.4, -0.2) is 9.55 Å². The van der Waals surface area contributed by atoms with Crippen LogP contribution in [0.4, 0.5) is 0 Å². The average Bonchev–Trinajstić information content (AvgIpc) is 3.04. The summed E-state index contributed by atoms with van der Waals surface area (Å²) in [5, 5.41) is 2.08. The number of thiophene rings is 1. The van der Waals surface area contributed by atoms with Crippen LogP contribution in [0.1, 0.15) is 12.5 Å². The van der Waals surface area contributed by atoms with Gasteiger partial charge in [-0.25, -0.2) is 4.98 Å². The molecule has 4 heteroatoms. The molecule has 0 aliphatic heterocycles.